The van der Waals surface area contributed by atoms with Gasteiger partial charge in [0.1, 0.15) is 23.2 Å². The Morgan fingerprint density at radius 1 is 1.33 bits per heavy atom. The van der Waals surface area contributed by atoms with Crippen molar-refractivity contribution >= 4 is 16.9 Å². The molecule has 1 aliphatic heterocycles. The van der Waals surface area contributed by atoms with Gasteiger partial charge in [0.15, 0.2) is 0 Å². The molecule has 0 saturated carbocycles. The molecule has 0 radical (unpaired) electrons. The Morgan fingerprint density at radius 2 is 2.17 bits per heavy atom. The van der Waals surface area contributed by atoms with E-state index in [2.05, 4.69) is 20.1 Å². The van der Waals surface area contributed by atoms with Gasteiger partial charge >= 0.3 is 0 Å². The van der Waals surface area contributed by atoms with Crippen molar-refractivity contribution in [2.24, 2.45) is 7.05 Å². The summed E-state index contributed by atoms with van der Waals surface area (Å²) in [5.41, 5.74) is 1.87. The van der Waals surface area contributed by atoms with E-state index in [-0.39, 0.29) is 12.4 Å². The number of hydrogen-bond donors (Lipinski definition) is 1. The average molecular weight is 416 g/mol. The molecule has 5 rings (SSSR count). The lowest BCUT2D eigenvalue weighted by Crippen LogP contribution is -2.41. The molecule has 1 aromatic carbocycles. The number of aromatic amines is 1. The number of amides is 1. The van der Waals surface area contributed by atoms with E-state index in [9.17, 15) is 18.0 Å². The van der Waals surface area contributed by atoms with Gasteiger partial charge in [-0.3, -0.25) is 4.79 Å². The Labute approximate surface area is 167 Å². The summed E-state index contributed by atoms with van der Waals surface area (Å²) >= 11 is 0. The minimum atomic E-state index is -2.89. The van der Waals surface area contributed by atoms with E-state index < -0.39 is 30.0 Å². The highest BCUT2D eigenvalue weighted by molar-refractivity contribution is 5.91. The number of halogens is 3. The van der Waals surface area contributed by atoms with Gasteiger partial charge in [0.25, 0.3) is 12.3 Å². The fourth-order valence-corrected chi connectivity index (χ4v) is 3.76. The highest BCUT2D eigenvalue weighted by Gasteiger charge is 2.38. The van der Waals surface area contributed by atoms with Crippen LogP contribution in [0.15, 0.2) is 35.0 Å². The number of H-pyrrole nitrogens is 1. The summed E-state index contributed by atoms with van der Waals surface area (Å²) in [5.74, 6) is -1.54. The second kappa shape index (κ2) is 6.71. The minimum Gasteiger partial charge on any atom is -0.458 e. The number of aromatic nitrogens is 5. The zero-order chi connectivity index (χ0) is 21.0. The van der Waals surface area contributed by atoms with Gasteiger partial charge in [-0.2, -0.15) is 0 Å². The fourth-order valence-electron chi connectivity index (χ4n) is 3.76. The summed E-state index contributed by atoms with van der Waals surface area (Å²) in [6, 6.07) is 5.04. The number of furan rings is 1. The Bertz CT molecular complexity index is 1260. The fraction of sp³-hybridized carbons (Fsp3) is 0.263. The summed E-state index contributed by atoms with van der Waals surface area (Å²) < 4.78 is 46.5. The molecule has 30 heavy (non-hydrogen) atoms. The lowest BCUT2D eigenvalue weighted by molar-refractivity contribution is 0.0654. The van der Waals surface area contributed by atoms with Gasteiger partial charge in [-0.1, -0.05) is 0 Å². The number of imidazole rings is 1. The smallest absolute Gasteiger partial charge is 0.299 e. The van der Waals surface area contributed by atoms with E-state index in [4.69, 9.17) is 4.42 Å². The number of alkyl halides is 2. The summed E-state index contributed by atoms with van der Waals surface area (Å²) in [7, 11) is 1.38. The molecule has 154 valence electrons. The van der Waals surface area contributed by atoms with Gasteiger partial charge in [0.2, 0.25) is 11.6 Å². The number of carbonyl (C=O) groups is 1. The van der Waals surface area contributed by atoms with Crippen molar-refractivity contribution in [2.75, 3.05) is 6.54 Å². The third-order valence-corrected chi connectivity index (χ3v) is 5.12. The van der Waals surface area contributed by atoms with Gasteiger partial charge in [0, 0.05) is 31.1 Å². The van der Waals surface area contributed by atoms with E-state index >= 15 is 0 Å². The number of hydrogen-bond acceptors (Lipinski definition) is 5. The highest BCUT2D eigenvalue weighted by Crippen LogP contribution is 2.37. The summed E-state index contributed by atoms with van der Waals surface area (Å²) in [6.45, 7) is 0.279. The predicted molar refractivity (Wildman–Crippen MR) is 97.3 cm³/mol. The van der Waals surface area contributed by atoms with Crippen molar-refractivity contribution in [1.29, 1.82) is 0 Å². The van der Waals surface area contributed by atoms with Crippen LogP contribution < -0.4 is 0 Å². The van der Waals surface area contributed by atoms with Gasteiger partial charge in [-0.05, 0) is 24.3 Å². The van der Waals surface area contributed by atoms with Crippen LogP contribution >= 0.6 is 0 Å². The first kappa shape index (κ1) is 18.4. The van der Waals surface area contributed by atoms with Crippen LogP contribution in [0, 0.1) is 5.82 Å². The molecule has 1 atom stereocenters. The molecule has 1 N–H and O–H groups in total. The molecule has 0 spiro atoms. The molecule has 3 aromatic heterocycles. The third-order valence-electron chi connectivity index (χ3n) is 5.12. The molecular weight excluding hydrogens is 401 g/mol. The molecule has 4 heterocycles. The summed E-state index contributed by atoms with van der Waals surface area (Å²) in [5, 5.41) is 4.16. The monoisotopic (exact) mass is 416 g/mol. The largest absolute Gasteiger partial charge is 0.458 e. The Kier molecular flexibility index (Phi) is 4.12. The lowest BCUT2D eigenvalue weighted by atomic mass is 10.00. The van der Waals surface area contributed by atoms with Crippen molar-refractivity contribution in [1.82, 2.24) is 29.6 Å². The maximum Gasteiger partial charge on any atom is 0.299 e. The Morgan fingerprint density at radius 3 is 2.93 bits per heavy atom. The molecule has 0 bridgehead atoms. The SMILES string of the molecule is Cn1nc(C(F)F)nc1C(=O)N1CCc2[nH]cnc2[C@H]1c1cc2cc(F)ccc2o1. The van der Waals surface area contributed by atoms with Gasteiger partial charge in [-0.25, -0.2) is 27.8 Å². The molecule has 0 aliphatic carbocycles. The van der Waals surface area contributed by atoms with Crippen LogP contribution in [0.4, 0.5) is 13.2 Å². The Hall–Kier alpha value is -3.63. The minimum absolute atomic E-state index is 0.212. The van der Waals surface area contributed by atoms with Crippen LogP contribution in [0.3, 0.4) is 0 Å². The molecule has 0 unspecified atom stereocenters. The van der Waals surface area contributed by atoms with E-state index in [1.165, 1.54) is 36.5 Å². The van der Waals surface area contributed by atoms with Gasteiger partial charge in [0.05, 0.1) is 12.0 Å². The van der Waals surface area contributed by atoms with Crippen LogP contribution in [0.2, 0.25) is 0 Å². The van der Waals surface area contributed by atoms with E-state index in [0.717, 1.165) is 10.4 Å². The predicted octanol–water partition coefficient (Wildman–Crippen LogP) is 3.15. The van der Waals surface area contributed by atoms with Crippen LogP contribution in [0.25, 0.3) is 11.0 Å². The van der Waals surface area contributed by atoms with Crippen LogP contribution in [0.5, 0.6) is 0 Å². The second-order valence-electron chi connectivity index (χ2n) is 6.97. The van der Waals surface area contributed by atoms with Crippen molar-refractivity contribution in [3.8, 4) is 0 Å². The molecule has 4 aromatic rings. The lowest BCUT2D eigenvalue weighted by Gasteiger charge is -2.33. The molecule has 1 amide bonds. The zero-order valence-electron chi connectivity index (χ0n) is 15.6. The molecule has 8 nitrogen and oxygen atoms in total. The number of fused-ring (bicyclic) bond motifs is 2. The molecule has 11 heteroatoms. The van der Waals surface area contributed by atoms with Gasteiger partial charge < -0.3 is 14.3 Å². The van der Waals surface area contributed by atoms with Crippen LogP contribution in [0.1, 0.15) is 46.1 Å². The second-order valence-corrected chi connectivity index (χ2v) is 6.97. The topological polar surface area (TPSA) is 92.8 Å². The first-order valence-corrected chi connectivity index (χ1v) is 9.13. The van der Waals surface area contributed by atoms with Crippen LogP contribution in [-0.2, 0) is 13.5 Å². The normalized spacial score (nSPS) is 16.4. The van der Waals surface area contributed by atoms with Crippen molar-refractivity contribution in [3.63, 3.8) is 0 Å². The quantitative estimate of drug-likeness (QED) is 0.554. The van der Waals surface area contributed by atoms with Gasteiger partial charge in [-0.15, -0.1) is 5.10 Å². The van der Waals surface area contributed by atoms with Crippen LogP contribution in [-0.4, -0.2) is 42.1 Å². The molecular formula is C19H15F3N6O2. The standard InChI is InChI=1S/C19H15F3N6O2/c1-27-18(25-17(26-27)16(21)22)19(29)28-5-4-11-14(24-8-23-11)15(28)13-7-9-6-10(20)2-3-12(9)30-13/h2-3,6-8,15-16H,4-5H2,1H3,(H,23,24)/t15-/m1/s1. The third kappa shape index (κ3) is 2.85. The summed E-state index contributed by atoms with van der Waals surface area (Å²) in [6.07, 6.45) is -0.880. The highest BCUT2D eigenvalue weighted by atomic mass is 19.3. The number of carbonyl (C=O) groups excluding carboxylic acids is 1. The van der Waals surface area contributed by atoms with E-state index in [1.54, 1.807) is 6.07 Å². The number of rotatable bonds is 3. The number of aryl methyl sites for hydroxylation is 1. The summed E-state index contributed by atoms with van der Waals surface area (Å²) in [4.78, 5) is 25.8. The van der Waals surface area contributed by atoms with Crippen molar-refractivity contribution in [2.45, 2.75) is 18.9 Å². The van der Waals surface area contributed by atoms with Crippen molar-refractivity contribution in [3.05, 3.63) is 65.2 Å². The molecule has 1 aliphatic rings. The van der Waals surface area contributed by atoms with Crippen molar-refractivity contribution < 1.29 is 22.4 Å². The van der Waals surface area contributed by atoms with E-state index in [1.807, 2.05) is 0 Å². The number of benzene rings is 1. The first-order chi connectivity index (χ1) is 14.4. The number of nitrogens with zero attached hydrogens (tertiary/aromatic N) is 5. The maximum absolute atomic E-state index is 13.6. The number of nitrogens with one attached hydrogen (secondary N) is 1. The molecule has 0 saturated heterocycles. The zero-order valence-corrected chi connectivity index (χ0v) is 15.6. The van der Waals surface area contributed by atoms with E-state index in [0.29, 0.717) is 28.8 Å². The molecule has 0 fully saturated rings. The average Bonchev–Trinajstić information content (AvgIpc) is 3.43. The first-order valence-electron chi connectivity index (χ1n) is 9.13. The Balaban J connectivity index is 1.60. The maximum atomic E-state index is 13.6.